The van der Waals surface area contributed by atoms with Crippen LogP contribution in [0.2, 0.25) is 0 Å². The predicted molar refractivity (Wildman–Crippen MR) is 60.4 cm³/mol. The molecule has 0 saturated carbocycles. The summed E-state index contributed by atoms with van der Waals surface area (Å²) in [6.07, 6.45) is 6.10. The summed E-state index contributed by atoms with van der Waals surface area (Å²) in [6.45, 7) is 7.63. The lowest BCUT2D eigenvalue weighted by Crippen LogP contribution is -2.39. The first-order valence-corrected chi connectivity index (χ1v) is 6.18. The van der Waals surface area contributed by atoms with Crippen LogP contribution in [0.3, 0.4) is 0 Å². The van der Waals surface area contributed by atoms with E-state index in [1.807, 2.05) is 0 Å². The van der Waals surface area contributed by atoms with Gasteiger partial charge in [0.2, 0.25) is 0 Å². The van der Waals surface area contributed by atoms with Crippen molar-refractivity contribution in [3.63, 3.8) is 0 Å². The first-order valence-electron chi connectivity index (χ1n) is 6.18. The fourth-order valence-corrected chi connectivity index (χ4v) is 2.39. The molecule has 0 aliphatic carbocycles. The van der Waals surface area contributed by atoms with E-state index in [0.717, 1.165) is 19.4 Å². The van der Waals surface area contributed by atoms with Gasteiger partial charge in [0.15, 0.2) is 0 Å². The van der Waals surface area contributed by atoms with Gasteiger partial charge in [-0.15, -0.1) is 0 Å². The Balaban J connectivity index is 2.26. The molecule has 1 rings (SSSR count). The van der Waals surface area contributed by atoms with Crippen LogP contribution in [0.5, 0.6) is 0 Å². The highest BCUT2D eigenvalue weighted by Crippen LogP contribution is 2.16. The molecule has 0 aromatic rings. The molecule has 1 saturated heterocycles. The molecular formula is C12H25NO. The standard InChI is InChI=1S/C12H25NO/c1-3-11(4-2)12(14)10-13-8-6-5-7-9-13/h11-12,14H,3-10H2,1-2H3. The molecule has 14 heavy (non-hydrogen) atoms. The van der Waals surface area contributed by atoms with E-state index in [-0.39, 0.29) is 6.10 Å². The van der Waals surface area contributed by atoms with Crippen molar-refractivity contribution >= 4 is 0 Å². The van der Waals surface area contributed by atoms with E-state index in [4.69, 9.17) is 0 Å². The molecule has 0 aromatic heterocycles. The van der Waals surface area contributed by atoms with Gasteiger partial charge in [-0.3, -0.25) is 0 Å². The molecule has 1 heterocycles. The minimum atomic E-state index is -0.108. The molecule has 0 radical (unpaired) electrons. The van der Waals surface area contributed by atoms with Crippen LogP contribution in [-0.4, -0.2) is 35.7 Å². The van der Waals surface area contributed by atoms with E-state index in [1.54, 1.807) is 0 Å². The highest BCUT2D eigenvalue weighted by Gasteiger charge is 2.19. The number of rotatable bonds is 5. The summed E-state index contributed by atoms with van der Waals surface area (Å²) in [7, 11) is 0. The third-order valence-corrected chi connectivity index (χ3v) is 3.49. The number of hydrogen-bond acceptors (Lipinski definition) is 2. The van der Waals surface area contributed by atoms with E-state index in [9.17, 15) is 5.11 Å². The molecule has 84 valence electrons. The number of likely N-dealkylation sites (tertiary alicyclic amines) is 1. The summed E-state index contributed by atoms with van der Waals surface area (Å²) in [6, 6.07) is 0. The SMILES string of the molecule is CCC(CC)C(O)CN1CCCCC1. The highest BCUT2D eigenvalue weighted by atomic mass is 16.3. The topological polar surface area (TPSA) is 23.5 Å². The van der Waals surface area contributed by atoms with Gasteiger partial charge in [0.05, 0.1) is 6.10 Å². The number of β-amino-alcohol motifs (C(OH)–C–C–N with tert-alkyl or cyclic N) is 1. The smallest absolute Gasteiger partial charge is 0.0695 e. The molecule has 0 amide bonds. The number of nitrogens with zero attached hydrogens (tertiary/aromatic N) is 1. The lowest BCUT2D eigenvalue weighted by atomic mass is 9.95. The maximum atomic E-state index is 10.0. The third kappa shape index (κ3) is 3.58. The van der Waals surface area contributed by atoms with Crippen molar-refractivity contribution in [2.45, 2.75) is 52.1 Å². The second-order valence-electron chi connectivity index (χ2n) is 4.51. The van der Waals surface area contributed by atoms with Gasteiger partial charge in [0.25, 0.3) is 0 Å². The van der Waals surface area contributed by atoms with Crippen LogP contribution < -0.4 is 0 Å². The van der Waals surface area contributed by atoms with Crippen molar-refractivity contribution in [1.29, 1.82) is 0 Å². The molecule has 1 unspecified atom stereocenters. The summed E-state index contributed by atoms with van der Waals surface area (Å²) in [5.74, 6) is 0.497. The van der Waals surface area contributed by atoms with Crippen LogP contribution in [0.4, 0.5) is 0 Å². The summed E-state index contributed by atoms with van der Waals surface area (Å²) in [5.41, 5.74) is 0. The predicted octanol–water partition coefficient (Wildman–Crippen LogP) is 2.27. The minimum Gasteiger partial charge on any atom is -0.392 e. The van der Waals surface area contributed by atoms with Crippen molar-refractivity contribution < 1.29 is 5.11 Å². The molecule has 1 fully saturated rings. The average molecular weight is 199 g/mol. The molecule has 1 atom stereocenters. The lowest BCUT2D eigenvalue weighted by molar-refractivity contribution is 0.0534. The fourth-order valence-electron chi connectivity index (χ4n) is 2.39. The largest absolute Gasteiger partial charge is 0.392 e. The second-order valence-corrected chi connectivity index (χ2v) is 4.51. The van der Waals surface area contributed by atoms with Gasteiger partial charge >= 0.3 is 0 Å². The fraction of sp³-hybridized carbons (Fsp3) is 1.00. The van der Waals surface area contributed by atoms with Crippen molar-refractivity contribution in [3.05, 3.63) is 0 Å². The molecular weight excluding hydrogens is 174 g/mol. The van der Waals surface area contributed by atoms with E-state index < -0.39 is 0 Å². The Hall–Kier alpha value is -0.0800. The zero-order valence-electron chi connectivity index (χ0n) is 9.71. The van der Waals surface area contributed by atoms with Crippen LogP contribution in [0.25, 0.3) is 0 Å². The summed E-state index contributed by atoms with van der Waals surface area (Å²) in [4.78, 5) is 2.42. The summed E-state index contributed by atoms with van der Waals surface area (Å²) < 4.78 is 0. The number of piperidine rings is 1. The van der Waals surface area contributed by atoms with Gasteiger partial charge in [-0.1, -0.05) is 33.1 Å². The molecule has 1 N–H and O–H groups in total. The van der Waals surface area contributed by atoms with Crippen LogP contribution in [0, 0.1) is 5.92 Å². The van der Waals surface area contributed by atoms with Gasteiger partial charge in [-0.05, 0) is 31.8 Å². The zero-order valence-corrected chi connectivity index (χ0v) is 9.71. The maximum Gasteiger partial charge on any atom is 0.0695 e. The van der Waals surface area contributed by atoms with Crippen LogP contribution in [0.15, 0.2) is 0 Å². The molecule has 2 nitrogen and oxygen atoms in total. The Morgan fingerprint density at radius 2 is 1.64 bits per heavy atom. The van der Waals surface area contributed by atoms with Gasteiger partial charge in [0.1, 0.15) is 0 Å². The van der Waals surface area contributed by atoms with Crippen LogP contribution in [0.1, 0.15) is 46.0 Å². The molecule has 0 aromatic carbocycles. The average Bonchev–Trinajstić information content (AvgIpc) is 2.21. The van der Waals surface area contributed by atoms with Gasteiger partial charge in [-0.2, -0.15) is 0 Å². The normalized spacial score (nSPS) is 21.4. The molecule has 2 heteroatoms. The lowest BCUT2D eigenvalue weighted by Gasteiger charge is -2.31. The first-order chi connectivity index (χ1) is 6.77. The van der Waals surface area contributed by atoms with Gasteiger partial charge < -0.3 is 10.0 Å². The Morgan fingerprint density at radius 3 is 2.14 bits per heavy atom. The molecule has 1 aliphatic heterocycles. The van der Waals surface area contributed by atoms with Gasteiger partial charge in [-0.25, -0.2) is 0 Å². The van der Waals surface area contributed by atoms with Crippen molar-refractivity contribution in [3.8, 4) is 0 Å². The number of hydrogen-bond donors (Lipinski definition) is 1. The van der Waals surface area contributed by atoms with Crippen LogP contribution >= 0.6 is 0 Å². The minimum absolute atomic E-state index is 0.108. The number of aliphatic hydroxyl groups is 1. The Kier molecular flexibility index (Phi) is 5.49. The monoisotopic (exact) mass is 199 g/mol. The zero-order chi connectivity index (χ0) is 10.4. The van der Waals surface area contributed by atoms with Gasteiger partial charge in [0, 0.05) is 6.54 Å². The second kappa shape index (κ2) is 6.41. The summed E-state index contributed by atoms with van der Waals surface area (Å²) >= 11 is 0. The Morgan fingerprint density at radius 1 is 1.07 bits per heavy atom. The first kappa shape index (κ1) is 12.0. The molecule has 0 bridgehead atoms. The third-order valence-electron chi connectivity index (χ3n) is 3.49. The Labute approximate surface area is 88.3 Å². The van der Waals surface area contributed by atoms with E-state index in [1.165, 1.54) is 32.4 Å². The van der Waals surface area contributed by atoms with E-state index in [2.05, 4.69) is 18.7 Å². The van der Waals surface area contributed by atoms with Crippen molar-refractivity contribution in [1.82, 2.24) is 4.90 Å². The van der Waals surface area contributed by atoms with E-state index >= 15 is 0 Å². The van der Waals surface area contributed by atoms with E-state index in [0.29, 0.717) is 5.92 Å². The van der Waals surface area contributed by atoms with Crippen molar-refractivity contribution in [2.24, 2.45) is 5.92 Å². The summed E-state index contributed by atoms with van der Waals surface area (Å²) in [5, 5.41) is 10.0. The quantitative estimate of drug-likeness (QED) is 0.734. The van der Waals surface area contributed by atoms with Crippen LogP contribution in [-0.2, 0) is 0 Å². The van der Waals surface area contributed by atoms with Crippen molar-refractivity contribution in [2.75, 3.05) is 19.6 Å². The maximum absolute atomic E-state index is 10.0. The molecule has 1 aliphatic rings. The highest BCUT2D eigenvalue weighted by molar-refractivity contribution is 4.73. The number of aliphatic hydroxyl groups excluding tert-OH is 1. The molecule has 0 spiro atoms. The Bertz CT molecular complexity index is 139.